The van der Waals surface area contributed by atoms with E-state index in [2.05, 4.69) is 20.8 Å². The van der Waals surface area contributed by atoms with Gasteiger partial charge in [-0.15, -0.1) is 10.2 Å². The molecule has 8 heteroatoms. The number of nitrogens with zero attached hydrogens (tertiary/aromatic N) is 2. The quantitative estimate of drug-likeness (QED) is 0.754. The fourth-order valence-electron chi connectivity index (χ4n) is 1.72. The number of nitrogens with one attached hydrogen (secondary N) is 2. The lowest BCUT2D eigenvalue weighted by atomic mass is 10.2. The molecule has 2 N–H and O–H groups in total. The summed E-state index contributed by atoms with van der Waals surface area (Å²) in [5, 5.41) is 13.2. The Balaban J connectivity index is 1.91. The number of benzene rings is 1. The predicted molar refractivity (Wildman–Crippen MR) is 87.9 cm³/mol. The molecule has 0 aliphatic heterocycles. The highest BCUT2D eigenvalue weighted by molar-refractivity contribution is 7.15. The summed E-state index contributed by atoms with van der Waals surface area (Å²) < 4.78 is 4.90. The minimum atomic E-state index is -0.384. The fraction of sp³-hybridized carbons (Fsp3) is 0.333. The maximum Gasteiger partial charge on any atom is 0.286 e. The standard InChI is InChI=1S/C15H18N4O3S/c1-10-4-6-11(7-5-10)17-13(21)15-19-18-14(23-15)12(20)16-8-3-9-22-2/h4-7H,3,8-9H2,1-2H3,(H,16,20)(H,17,21). The third kappa shape index (κ3) is 5.11. The van der Waals surface area contributed by atoms with E-state index >= 15 is 0 Å². The Morgan fingerprint density at radius 3 is 2.43 bits per heavy atom. The van der Waals surface area contributed by atoms with Crippen molar-refractivity contribution in [3.8, 4) is 0 Å². The SMILES string of the molecule is COCCCNC(=O)c1nnc(C(=O)Nc2ccc(C)cc2)s1. The van der Waals surface area contributed by atoms with Gasteiger partial charge in [0.15, 0.2) is 0 Å². The van der Waals surface area contributed by atoms with E-state index < -0.39 is 0 Å². The van der Waals surface area contributed by atoms with Crippen molar-refractivity contribution in [2.24, 2.45) is 0 Å². The summed E-state index contributed by atoms with van der Waals surface area (Å²) in [5.74, 6) is -0.724. The van der Waals surface area contributed by atoms with Crippen LogP contribution in [-0.4, -0.2) is 42.3 Å². The number of carbonyl (C=O) groups is 2. The van der Waals surface area contributed by atoms with Crippen molar-refractivity contribution >= 4 is 28.8 Å². The van der Waals surface area contributed by atoms with Crippen LogP contribution in [0.2, 0.25) is 0 Å². The summed E-state index contributed by atoms with van der Waals surface area (Å²) in [4.78, 5) is 23.9. The van der Waals surface area contributed by atoms with Crippen LogP contribution in [0, 0.1) is 6.92 Å². The van der Waals surface area contributed by atoms with E-state index in [-0.39, 0.29) is 21.8 Å². The normalized spacial score (nSPS) is 10.3. The summed E-state index contributed by atoms with van der Waals surface area (Å²) in [6.45, 7) is 3.02. The third-order valence-corrected chi connectivity index (χ3v) is 3.85. The van der Waals surface area contributed by atoms with Crippen LogP contribution in [0.15, 0.2) is 24.3 Å². The largest absolute Gasteiger partial charge is 0.385 e. The minimum Gasteiger partial charge on any atom is -0.385 e. The van der Waals surface area contributed by atoms with E-state index in [9.17, 15) is 9.59 Å². The number of anilines is 1. The summed E-state index contributed by atoms with van der Waals surface area (Å²) in [6, 6.07) is 7.40. The number of hydrogen-bond donors (Lipinski definition) is 2. The number of methoxy groups -OCH3 is 1. The number of rotatable bonds is 7. The van der Waals surface area contributed by atoms with Crippen LogP contribution in [-0.2, 0) is 4.74 Å². The molecule has 0 atom stereocenters. The molecule has 0 aliphatic rings. The maximum absolute atomic E-state index is 12.1. The second-order valence-corrected chi connectivity index (χ2v) is 5.81. The Morgan fingerprint density at radius 2 is 1.78 bits per heavy atom. The molecule has 0 saturated heterocycles. The van der Waals surface area contributed by atoms with Crippen LogP contribution in [0.3, 0.4) is 0 Å². The molecule has 7 nitrogen and oxygen atoms in total. The molecule has 0 saturated carbocycles. The molecule has 1 aromatic carbocycles. The molecular weight excluding hydrogens is 316 g/mol. The van der Waals surface area contributed by atoms with Gasteiger partial charge in [0.2, 0.25) is 10.0 Å². The van der Waals surface area contributed by atoms with Gasteiger partial charge in [-0.25, -0.2) is 0 Å². The van der Waals surface area contributed by atoms with Gasteiger partial charge in [-0.3, -0.25) is 9.59 Å². The van der Waals surface area contributed by atoms with E-state index in [0.29, 0.717) is 25.3 Å². The number of amides is 2. The first kappa shape index (κ1) is 17.0. The van der Waals surface area contributed by atoms with Crippen molar-refractivity contribution in [3.05, 3.63) is 39.8 Å². The molecule has 0 radical (unpaired) electrons. The zero-order valence-electron chi connectivity index (χ0n) is 13.0. The molecule has 0 spiro atoms. The third-order valence-electron chi connectivity index (χ3n) is 2.93. The van der Waals surface area contributed by atoms with Gasteiger partial charge >= 0.3 is 0 Å². The first-order valence-corrected chi connectivity index (χ1v) is 7.90. The van der Waals surface area contributed by atoms with Crippen LogP contribution in [0.4, 0.5) is 5.69 Å². The highest BCUT2D eigenvalue weighted by atomic mass is 32.1. The summed E-state index contributed by atoms with van der Waals surface area (Å²) in [7, 11) is 1.60. The fourth-order valence-corrected chi connectivity index (χ4v) is 2.38. The van der Waals surface area contributed by atoms with E-state index in [1.165, 1.54) is 0 Å². The van der Waals surface area contributed by atoms with Crippen LogP contribution in [0.25, 0.3) is 0 Å². The predicted octanol–water partition coefficient (Wildman–Crippen LogP) is 1.87. The molecule has 122 valence electrons. The summed E-state index contributed by atoms with van der Waals surface area (Å²) in [5.41, 5.74) is 1.77. The molecular formula is C15H18N4O3S. The molecule has 1 aromatic heterocycles. The van der Waals surface area contributed by atoms with E-state index in [1.54, 1.807) is 19.2 Å². The molecule has 2 rings (SSSR count). The first-order chi connectivity index (χ1) is 11.1. The van der Waals surface area contributed by atoms with Gasteiger partial charge in [0.1, 0.15) is 0 Å². The lowest BCUT2D eigenvalue weighted by molar-refractivity contribution is 0.0946. The molecule has 0 unspecified atom stereocenters. The summed E-state index contributed by atoms with van der Waals surface area (Å²) >= 11 is 0.958. The van der Waals surface area contributed by atoms with Crippen molar-refractivity contribution in [1.82, 2.24) is 15.5 Å². The maximum atomic E-state index is 12.1. The van der Waals surface area contributed by atoms with E-state index in [4.69, 9.17) is 4.74 Å². The van der Waals surface area contributed by atoms with Crippen molar-refractivity contribution in [2.75, 3.05) is 25.6 Å². The number of carbonyl (C=O) groups excluding carboxylic acids is 2. The molecule has 0 bridgehead atoms. The van der Waals surface area contributed by atoms with Crippen molar-refractivity contribution < 1.29 is 14.3 Å². The lowest BCUT2D eigenvalue weighted by Gasteiger charge is -2.02. The zero-order chi connectivity index (χ0) is 16.7. The number of ether oxygens (including phenoxy) is 1. The Hall–Kier alpha value is -2.32. The van der Waals surface area contributed by atoms with Crippen molar-refractivity contribution in [2.45, 2.75) is 13.3 Å². The Kier molecular flexibility index (Phi) is 6.19. The number of hydrogen-bond acceptors (Lipinski definition) is 6. The number of aryl methyl sites for hydroxylation is 1. The Labute approximate surface area is 138 Å². The molecule has 23 heavy (non-hydrogen) atoms. The van der Waals surface area contributed by atoms with Gasteiger partial charge < -0.3 is 15.4 Å². The second kappa shape index (κ2) is 8.35. The van der Waals surface area contributed by atoms with Crippen LogP contribution in [0.1, 0.15) is 31.6 Å². The lowest BCUT2D eigenvalue weighted by Crippen LogP contribution is -2.25. The minimum absolute atomic E-state index is 0.146. The molecule has 0 fully saturated rings. The Morgan fingerprint density at radius 1 is 1.13 bits per heavy atom. The summed E-state index contributed by atoms with van der Waals surface area (Å²) in [6.07, 6.45) is 0.710. The Bertz CT molecular complexity index is 670. The number of aromatic nitrogens is 2. The van der Waals surface area contributed by atoms with Crippen LogP contribution < -0.4 is 10.6 Å². The van der Waals surface area contributed by atoms with Gasteiger partial charge in [-0.2, -0.15) is 0 Å². The van der Waals surface area contributed by atoms with Gasteiger partial charge in [-0.05, 0) is 25.5 Å². The van der Waals surface area contributed by atoms with Crippen LogP contribution in [0.5, 0.6) is 0 Å². The molecule has 2 aromatic rings. The van der Waals surface area contributed by atoms with Crippen molar-refractivity contribution in [3.63, 3.8) is 0 Å². The average Bonchev–Trinajstić information content (AvgIpc) is 3.04. The zero-order valence-corrected chi connectivity index (χ0v) is 13.8. The van der Waals surface area contributed by atoms with Gasteiger partial charge in [0.05, 0.1) is 0 Å². The second-order valence-electron chi connectivity index (χ2n) is 4.83. The van der Waals surface area contributed by atoms with Gasteiger partial charge in [0, 0.05) is 25.9 Å². The van der Waals surface area contributed by atoms with Crippen molar-refractivity contribution in [1.29, 1.82) is 0 Å². The molecule has 0 aliphatic carbocycles. The first-order valence-electron chi connectivity index (χ1n) is 7.09. The van der Waals surface area contributed by atoms with Gasteiger partial charge in [0.25, 0.3) is 11.8 Å². The highest BCUT2D eigenvalue weighted by Gasteiger charge is 2.17. The topological polar surface area (TPSA) is 93.2 Å². The monoisotopic (exact) mass is 334 g/mol. The van der Waals surface area contributed by atoms with E-state index in [1.807, 2.05) is 19.1 Å². The molecule has 1 heterocycles. The molecule has 2 amide bonds. The average molecular weight is 334 g/mol. The van der Waals surface area contributed by atoms with Gasteiger partial charge in [-0.1, -0.05) is 29.0 Å². The van der Waals surface area contributed by atoms with Crippen LogP contribution >= 0.6 is 11.3 Å². The highest BCUT2D eigenvalue weighted by Crippen LogP contribution is 2.14. The smallest absolute Gasteiger partial charge is 0.286 e. The van der Waals surface area contributed by atoms with E-state index in [0.717, 1.165) is 16.9 Å².